The average molecular weight is 804 g/mol. The molecule has 0 spiro atoms. The number of hydrogen-bond acceptors (Lipinski definition) is 6. The van der Waals surface area contributed by atoms with Gasteiger partial charge in [0.05, 0.1) is 21.3 Å². The minimum atomic E-state index is -0.165. The molecular formula is C43H38IN3O3S. The van der Waals surface area contributed by atoms with Crippen LogP contribution in [0.5, 0.6) is 11.5 Å². The van der Waals surface area contributed by atoms with Gasteiger partial charge in [-0.3, -0.25) is 4.79 Å². The number of rotatable bonds is 8. The molecule has 256 valence electrons. The van der Waals surface area contributed by atoms with Crippen LogP contribution < -0.4 is 19.7 Å². The number of aryl methyl sites for hydroxylation is 1. The lowest BCUT2D eigenvalue weighted by molar-refractivity contribution is -0.115. The smallest absolute Gasteiger partial charge is 0.264 e. The molecule has 0 saturated carbocycles. The number of nitrogens with one attached hydrogen (secondary N) is 1. The molecule has 5 aromatic rings. The molecule has 1 amide bonds. The Balaban J connectivity index is 1.11. The molecule has 5 aromatic carbocycles. The minimum absolute atomic E-state index is 0.165. The number of hydrogen-bond donors (Lipinski definition) is 1. The Bertz CT molecular complexity index is 2080. The quantitative estimate of drug-likeness (QED) is 0.125. The van der Waals surface area contributed by atoms with Crippen molar-refractivity contribution in [3.63, 3.8) is 0 Å². The third-order valence-electron chi connectivity index (χ3n) is 9.93. The number of carbonyl (C=O) groups is 1. The maximum atomic E-state index is 13.3. The lowest BCUT2D eigenvalue weighted by Crippen LogP contribution is -2.37. The van der Waals surface area contributed by atoms with Crippen LogP contribution in [0.25, 0.3) is 6.08 Å². The summed E-state index contributed by atoms with van der Waals surface area (Å²) in [4.78, 5) is 21.5. The van der Waals surface area contributed by atoms with Crippen molar-refractivity contribution in [2.75, 3.05) is 25.1 Å². The highest BCUT2D eigenvalue weighted by molar-refractivity contribution is 14.1. The number of nitrogens with zero attached hydrogens (tertiary/aromatic N) is 2. The highest BCUT2D eigenvalue weighted by Gasteiger charge is 2.35. The minimum Gasteiger partial charge on any atom is -0.493 e. The lowest BCUT2D eigenvalue weighted by atomic mass is 9.76. The molecule has 0 aromatic heterocycles. The standard InChI is InChI=1S/C43H38IN3O3S/c1-27-13-15-28(16-14-27)26-50-41-37(44)21-29(22-38(41)49-2)23-39-42(48)46-43(51-39)45-32-24-35-33(30-9-5-3-6-10-30)17-19-47-20-18-34(36(25-32)40(35)47)31-11-7-4-8-12-31/h3-16,21-25,33-34H,17-20,26H2,1-2H3,(H,45,46,48)/b39-23-/t33-,34+. The van der Waals surface area contributed by atoms with Crippen molar-refractivity contribution >= 4 is 62.9 Å². The van der Waals surface area contributed by atoms with Crippen molar-refractivity contribution in [3.8, 4) is 11.5 Å². The summed E-state index contributed by atoms with van der Waals surface area (Å²) in [6, 6.07) is 38.4. The van der Waals surface area contributed by atoms with Crippen molar-refractivity contribution in [1.29, 1.82) is 0 Å². The van der Waals surface area contributed by atoms with Gasteiger partial charge < -0.3 is 19.7 Å². The lowest BCUT2D eigenvalue weighted by Gasteiger charge is -2.43. The average Bonchev–Trinajstić information content (AvgIpc) is 3.49. The first kappa shape index (κ1) is 33.6. The SMILES string of the molecule is COc1cc(/C=C2\SC(=Nc3cc4c5c(c3)[C@H](c3ccccc3)CCN5CC[C@@H]4c3ccccc3)NC2=O)cc(I)c1OCc1ccc(C)cc1. The molecule has 6 nitrogen and oxygen atoms in total. The van der Waals surface area contributed by atoms with Crippen LogP contribution >= 0.6 is 34.4 Å². The first-order valence-corrected chi connectivity index (χ1v) is 19.2. The van der Waals surface area contributed by atoms with E-state index in [0.717, 1.165) is 46.3 Å². The topological polar surface area (TPSA) is 63.2 Å². The molecule has 3 heterocycles. The number of halogens is 1. The first-order chi connectivity index (χ1) is 24.9. The number of amides is 1. The fraction of sp³-hybridized carbons (Fsp3) is 0.209. The molecule has 2 atom stereocenters. The predicted octanol–water partition coefficient (Wildman–Crippen LogP) is 9.96. The molecule has 1 saturated heterocycles. The van der Waals surface area contributed by atoms with Crippen molar-refractivity contribution in [1.82, 2.24) is 5.32 Å². The summed E-state index contributed by atoms with van der Waals surface area (Å²) >= 11 is 3.63. The van der Waals surface area contributed by atoms with Gasteiger partial charge in [-0.15, -0.1) is 0 Å². The van der Waals surface area contributed by atoms with Gasteiger partial charge in [-0.1, -0.05) is 90.5 Å². The normalized spacial score (nSPS) is 19.6. The number of anilines is 1. The largest absolute Gasteiger partial charge is 0.493 e. The van der Waals surface area contributed by atoms with E-state index in [1.165, 1.54) is 45.3 Å². The van der Waals surface area contributed by atoms with Gasteiger partial charge in [-0.2, -0.15) is 0 Å². The number of methoxy groups -OCH3 is 1. The molecule has 0 bridgehead atoms. The van der Waals surface area contributed by atoms with E-state index in [0.29, 0.717) is 28.2 Å². The molecular weight excluding hydrogens is 765 g/mol. The second kappa shape index (κ2) is 14.6. The second-order valence-corrected chi connectivity index (χ2v) is 15.4. The van der Waals surface area contributed by atoms with Gasteiger partial charge in [-0.25, -0.2) is 4.99 Å². The number of carbonyl (C=O) groups excluding carboxylic acids is 1. The molecule has 0 radical (unpaired) electrons. The summed E-state index contributed by atoms with van der Waals surface area (Å²) < 4.78 is 12.8. The molecule has 51 heavy (non-hydrogen) atoms. The van der Waals surface area contributed by atoms with Gasteiger partial charge in [0.15, 0.2) is 16.7 Å². The van der Waals surface area contributed by atoms with Crippen LogP contribution in [0.2, 0.25) is 0 Å². The zero-order valence-corrected chi connectivity index (χ0v) is 31.5. The van der Waals surface area contributed by atoms with Crippen LogP contribution in [-0.2, 0) is 11.4 Å². The van der Waals surface area contributed by atoms with Crippen molar-refractivity contribution in [2.45, 2.75) is 38.2 Å². The van der Waals surface area contributed by atoms with Crippen molar-refractivity contribution in [3.05, 3.63) is 157 Å². The van der Waals surface area contributed by atoms with E-state index in [1.54, 1.807) is 7.11 Å². The van der Waals surface area contributed by atoms with E-state index in [4.69, 9.17) is 14.5 Å². The zero-order valence-electron chi connectivity index (χ0n) is 28.6. The van der Waals surface area contributed by atoms with E-state index in [2.05, 4.69) is 137 Å². The Labute approximate surface area is 317 Å². The molecule has 0 unspecified atom stereocenters. The van der Waals surface area contributed by atoms with Crippen molar-refractivity contribution < 1.29 is 14.3 Å². The van der Waals surface area contributed by atoms with Gasteiger partial charge >= 0.3 is 0 Å². The van der Waals surface area contributed by atoms with E-state index in [-0.39, 0.29) is 17.7 Å². The Morgan fingerprint density at radius 2 is 1.51 bits per heavy atom. The summed E-state index contributed by atoms with van der Waals surface area (Å²) in [6.07, 6.45) is 4.01. The van der Waals surface area contributed by atoms with Gasteiger partial charge in [-0.05, 0) is 118 Å². The molecule has 1 fully saturated rings. The summed E-state index contributed by atoms with van der Waals surface area (Å²) in [7, 11) is 1.64. The highest BCUT2D eigenvalue weighted by atomic mass is 127. The van der Waals surface area contributed by atoms with Gasteiger partial charge in [0, 0.05) is 30.6 Å². The number of thioether (sulfide) groups is 1. The van der Waals surface area contributed by atoms with Gasteiger partial charge in [0.1, 0.15) is 6.61 Å². The number of aliphatic imine (C=N–C) groups is 1. The maximum Gasteiger partial charge on any atom is 0.264 e. The molecule has 0 aliphatic carbocycles. The number of benzene rings is 5. The zero-order chi connectivity index (χ0) is 34.9. The van der Waals surface area contributed by atoms with E-state index >= 15 is 0 Å². The number of ether oxygens (including phenoxy) is 2. The van der Waals surface area contributed by atoms with Crippen LogP contribution in [-0.4, -0.2) is 31.3 Å². The van der Waals surface area contributed by atoms with Crippen LogP contribution in [0.3, 0.4) is 0 Å². The van der Waals surface area contributed by atoms with Crippen molar-refractivity contribution in [2.24, 2.45) is 4.99 Å². The monoisotopic (exact) mass is 803 g/mol. The Hall–Kier alpha value is -4.54. The first-order valence-electron chi connectivity index (χ1n) is 17.3. The molecule has 8 heteroatoms. The third-order valence-corrected chi connectivity index (χ3v) is 11.6. The van der Waals surface area contributed by atoms with Crippen LogP contribution in [0.15, 0.2) is 119 Å². The van der Waals surface area contributed by atoms with Gasteiger partial charge in [0.2, 0.25) is 0 Å². The molecule has 3 aliphatic rings. The summed E-state index contributed by atoms with van der Waals surface area (Å²) in [5, 5.41) is 3.61. The predicted molar refractivity (Wildman–Crippen MR) is 216 cm³/mol. The Kier molecular flexibility index (Phi) is 9.62. The van der Waals surface area contributed by atoms with E-state index < -0.39 is 0 Å². The molecule has 1 N–H and O–H groups in total. The summed E-state index contributed by atoms with van der Waals surface area (Å²) in [6.45, 7) is 4.59. The summed E-state index contributed by atoms with van der Waals surface area (Å²) in [5.41, 5.74) is 10.7. The fourth-order valence-corrected chi connectivity index (χ4v) is 9.08. The second-order valence-electron chi connectivity index (χ2n) is 13.3. The summed E-state index contributed by atoms with van der Waals surface area (Å²) in [5.74, 6) is 1.71. The maximum absolute atomic E-state index is 13.3. The fourth-order valence-electron chi connectivity index (χ4n) is 7.46. The van der Waals surface area contributed by atoms with Crippen LogP contribution in [0.4, 0.5) is 11.4 Å². The highest BCUT2D eigenvalue weighted by Crippen LogP contribution is 2.50. The molecule has 8 rings (SSSR count). The van der Waals surface area contributed by atoms with Crippen LogP contribution in [0, 0.1) is 10.5 Å². The van der Waals surface area contributed by atoms with E-state index in [9.17, 15) is 4.79 Å². The van der Waals surface area contributed by atoms with E-state index in [1.807, 2.05) is 18.2 Å². The number of amidine groups is 1. The van der Waals surface area contributed by atoms with Crippen LogP contribution in [0.1, 0.15) is 63.6 Å². The third kappa shape index (κ3) is 7.04. The Morgan fingerprint density at radius 3 is 2.12 bits per heavy atom. The van der Waals surface area contributed by atoms with Gasteiger partial charge in [0.25, 0.3) is 5.91 Å². The Morgan fingerprint density at radius 1 is 0.882 bits per heavy atom. The molecule has 3 aliphatic heterocycles.